The van der Waals surface area contributed by atoms with E-state index in [2.05, 4.69) is 27.7 Å². The summed E-state index contributed by atoms with van der Waals surface area (Å²) in [5.41, 5.74) is 6.04. The van der Waals surface area contributed by atoms with E-state index in [0.717, 1.165) is 3.57 Å². The van der Waals surface area contributed by atoms with E-state index >= 15 is 0 Å². The number of hydrogen-bond donors (Lipinski definition) is 2. The molecule has 1 aromatic carbocycles. The van der Waals surface area contributed by atoms with Gasteiger partial charge in [-0.1, -0.05) is 23.7 Å². The van der Waals surface area contributed by atoms with Gasteiger partial charge in [-0.15, -0.1) is 0 Å². The van der Waals surface area contributed by atoms with Crippen molar-refractivity contribution in [2.75, 3.05) is 13.6 Å². The van der Waals surface area contributed by atoms with Crippen molar-refractivity contribution in [3.63, 3.8) is 0 Å². The molecule has 1 rings (SSSR count). The molecule has 0 aliphatic rings. The third-order valence-electron chi connectivity index (χ3n) is 2.67. The number of carbonyl (C=O) groups excluding carboxylic acids is 1. The molecule has 104 valence electrons. The van der Waals surface area contributed by atoms with Gasteiger partial charge in [0.2, 0.25) is 0 Å². The Labute approximate surface area is 130 Å². The molecule has 0 fully saturated rings. The average Bonchev–Trinajstić information content (AvgIpc) is 2.39. The zero-order valence-corrected chi connectivity index (χ0v) is 13.5. The fourth-order valence-corrected chi connectivity index (χ4v) is 2.29. The minimum atomic E-state index is -0.226. The lowest BCUT2D eigenvalue weighted by Crippen LogP contribution is -2.36. The van der Waals surface area contributed by atoms with E-state index < -0.39 is 0 Å². The van der Waals surface area contributed by atoms with Crippen LogP contribution in [0.1, 0.15) is 17.3 Å². The first-order chi connectivity index (χ1) is 8.86. The number of oxime groups is 1. The molecule has 1 unspecified atom stereocenters. The van der Waals surface area contributed by atoms with Crippen molar-refractivity contribution in [2.24, 2.45) is 16.8 Å². The van der Waals surface area contributed by atoms with Crippen LogP contribution in [0.15, 0.2) is 23.4 Å². The SMILES string of the molecule is CC(CN(C)C(=O)c1cc(Cl)ccc1I)/C(N)=N/O. The summed E-state index contributed by atoms with van der Waals surface area (Å²) in [5.74, 6) is -0.277. The maximum Gasteiger partial charge on any atom is 0.254 e. The first-order valence-corrected chi connectivity index (χ1v) is 7.00. The summed E-state index contributed by atoms with van der Waals surface area (Å²) in [6.45, 7) is 2.14. The number of hydrogen-bond acceptors (Lipinski definition) is 3. The fourth-order valence-electron chi connectivity index (χ4n) is 1.55. The Balaban J connectivity index is 2.85. The summed E-state index contributed by atoms with van der Waals surface area (Å²) in [5, 5.41) is 12.0. The molecule has 1 aromatic rings. The number of carbonyl (C=O) groups is 1. The van der Waals surface area contributed by atoms with Gasteiger partial charge < -0.3 is 15.8 Å². The molecule has 0 bridgehead atoms. The summed E-state index contributed by atoms with van der Waals surface area (Å²) in [6, 6.07) is 5.16. The van der Waals surface area contributed by atoms with Crippen molar-refractivity contribution in [1.82, 2.24) is 4.90 Å². The fraction of sp³-hybridized carbons (Fsp3) is 0.333. The molecule has 19 heavy (non-hydrogen) atoms. The van der Waals surface area contributed by atoms with E-state index in [1.807, 2.05) is 0 Å². The third kappa shape index (κ3) is 4.24. The monoisotopic (exact) mass is 395 g/mol. The maximum atomic E-state index is 12.3. The molecule has 0 saturated carbocycles. The van der Waals surface area contributed by atoms with E-state index in [1.54, 1.807) is 32.2 Å². The second-order valence-corrected chi connectivity index (χ2v) is 5.83. The van der Waals surface area contributed by atoms with Gasteiger partial charge in [0.25, 0.3) is 5.91 Å². The van der Waals surface area contributed by atoms with Gasteiger partial charge in [-0.3, -0.25) is 4.79 Å². The number of nitrogens with zero attached hydrogens (tertiary/aromatic N) is 2. The van der Waals surface area contributed by atoms with Gasteiger partial charge >= 0.3 is 0 Å². The number of nitrogens with two attached hydrogens (primary N) is 1. The second-order valence-electron chi connectivity index (χ2n) is 4.24. The zero-order chi connectivity index (χ0) is 14.6. The quantitative estimate of drug-likeness (QED) is 0.270. The maximum absolute atomic E-state index is 12.3. The van der Waals surface area contributed by atoms with Crippen molar-refractivity contribution >= 4 is 45.9 Å². The van der Waals surface area contributed by atoms with Crippen LogP contribution >= 0.6 is 34.2 Å². The highest BCUT2D eigenvalue weighted by Crippen LogP contribution is 2.19. The van der Waals surface area contributed by atoms with Crippen LogP contribution in [-0.4, -0.2) is 35.4 Å². The van der Waals surface area contributed by atoms with Gasteiger partial charge in [-0.25, -0.2) is 0 Å². The van der Waals surface area contributed by atoms with E-state index in [9.17, 15) is 4.79 Å². The van der Waals surface area contributed by atoms with Crippen LogP contribution in [0.5, 0.6) is 0 Å². The molecule has 5 nitrogen and oxygen atoms in total. The summed E-state index contributed by atoms with van der Waals surface area (Å²) in [6.07, 6.45) is 0. The van der Waals surface area contributed by atoms with Crippen molar-refractivity contribution in [1.29, 1.82) is 0 Å². The Bertz CT molecular complexity index is 508. The lowest BCUT2D eigenvalue weighted by molar-refractivity contribution is 0.0785. The van der Waals surface area contributed by atoms with E-state index in [1.165, 1.54) is 4.90 Å². The van der Waals surface area contributed by atoms with Gasteiger partial charge in [0.05, 0.1) is 5.56 Å². The van der Waals surface area contributed by atoms with Gasteiger partial charge in [-0.2, -0.15) is 0 Å². The lowest BCUT2D eigenvalue weighted by atomic mass is 10.1. The zero-order valence-electron chi connectivity index (χ0n) is 10.6. The van der Waals surface area contributed by atoms with Crippen LogP contribution in [0.3, 0.4) is 0 Å². The van der Waals surface area contributed by atoms with Gasteiger partial charge in [-0.05, 0) is 40.8 Å². The highest BCUT2D eigenvalue weighted by molar-refractivity contribution is 14.1. The number of rotatable bonds is 4. The molecular weight excluding hydrogens is 381 g/mol. The Morgan fingerprint density at radius 2 is 2.26 bits per heavy atom. The topological polar surface area (TPSA) is 78.9 Å². The van der Waals surface area contributed by atoms with E-state index in [0.29, 0.717) is 17.1 Å². The molecule has 0 aliphatic carbocycles. The Hall–Kier alpha value is -1.02. The van der Waals surface area contributed by atoms with E-state index in [-0.39, 0.29) is 17.7 Å². The molecule has 0 heterocycles. The van der Waals surface area contributed by atoms with Crippen LogP contribution in [0.25, 0.3) is 0 Å². The number of benzene rings is 1. The molecule has 0 saturated heterocycles. The average molecular weight is 396 g/mol. The third-order valence-corrected chi connectivity index (χ3v) is 3.85. The molecule has 3 N–H and O–H groups in total. The number of halogens is 2. The summed E-state index contributed by atoms with van der Waals surface area (Å²) >= 11 is 7.98. The second kappa shape index (κ2) is 6.95. The molecule has 1 amide bonds. The summed E-state index contributed by atoms with van der Waals surface area (Å²) < 4.78 is 0.829. The minimum absolute atomic E-state index is 0.0976. The summed E-state index contributed by atoms with van der Waals surface area (Å²) in [7, 11) is 1.67. The van der Waals surface area contributed by atoms with E-state index in [4.69, 9.17) is 22.5 Å². The standard InChI is InChI=1S/C12H15ClIN3O2/c1-7(11(15)16-19)6-17(2)12(18)9-5-8(13)3-4-10(9)14/h3-5,7,19H,6H2,1-2H3,(H2,15,16). The van der Waals surface area contributed by atoms with Gasteiger partial charge in [0.1, 0.15) is 5.84 Å². The van der Waals surface area contributed by atoms with Crippen LogP contribution < -0.4 is 5.73 Å². The Morgan fingerprint density at radius 3 is 2.84 bits per heavy atom. The van der Waals surface area contributed by atoms with Gasteiger partial charge in [0.15, 0.2) is 0 Å². The first-order valence-electron chi connectivity index (χ1n) is 5.54. The number of amidine groups is 1. The smallest absolute Gasteiger partial charge is 0.254 e. The Morgan fingerprint density at radius 1 is 1.63 bits per heavy atom. The Kier molecular flexibility index (Phi) is 5.86. The van der Waals surface area contributed by atoms with Crippen molar-refractivity contribution in [3.05, 3.63) is 32.4 Å². The normalized spacial score (nSPS) is 13.2. The van der Waals surface area contributed by atoms with Crippen LogP contribution in [0.4, 0.5) is 0 Å². The minimum Gasteiger partial charge on any atom is -0.409 e. The van der Waals surface area contributed by atoms with Gasteiger partial charge in [0, 0.05) is 28.1 Å². The molecular formula is C12H15ClIN3O2. The lowest BCUT2D eigenvalue weighted by Gasteiger charge is -2.21. The van der Waals surface area contributed by atoms with Crippen LogP contribution in [0.2, 0.25) is 5.02 Å². The molecule has 0 aliphatic heterocycles. The molecule has 7 heteroatoms. The molecule has 0 spiro atoms. The largest absolute Gasteiger partial charge is 0.409 e. The van der Waals surface area contributed by atoms with Crippen molar-refractivity contribution in [3.8, 4) is 0 Å². The predicted octanol–water partition coefficient (Wildman–Crippen LogP) is 2.40. The first kappa shape index (κ1) is 16.0. The van der Waals surface area contributed by atoms with Crippen LogP contribution in [-0.2, 0) is 0 Å². The molecule has 0 radical (unpaired) electrons. The highest BCUT2D eigenvalue weighted by Gasteiger charge is 2.19. The predicted molar refractivity (Wildman–Crippen MR) is 83.7 cm³/mol. The van der Waals surface area contributed by atoms with Crippen molar-refractivity contribution < 1.29 is 10.0 Å². The van der Waals surface area contributed by atoms with Crippen molar-refractivity contribution in [2.45, 2.75) is 6.92 Å². The summed E-state index contributed by atoms with van der Waals surface area (Å²) in [4.78, 5) is 13.8. The number of amides is 1. The molecule has 0 aromatic heterocycles. The highest BCUT2D eigenvalue weighted by atomic mass is 127. The molecule has 1 atom stereocenters. The van der Waals surface area contributed by atoms with Crippen LogP contribution in [0, 0.1) is 9.49 Å².